The van der Waals surface area contributed by atoms with Gasteiger partial charge in [-0.1, -0.05) is 29.8 Å². The zero-order valence-electron chi connectivity index (χ0n) is 15.8. The number of carbonyl (C=O) groups excluding carboxylic acids is 1. The minimum Gasteiger partial charge on any atom is -0.305 e. The Morgan fingerprint density at radius 2 is 1.90 bits per heavy atom. The maximum atomic E-state index is 13.3. The third-order valence-corrected chi connectivity index (χ3v) is 6.60. The van der Waals surface area contributed by atoms with Crippen molar-refractivity contribution in [1.29, 1.82) is 0 Å². The molecule has 10 heteroatoms. The van der Waals surface area contributed by atoms with Gasteiger partial charge in [0.25, 0.3) is 5.91 Å². The van der Waals surface area contributed by atoms with Gasteiger partial charge in [0, 0.05) is 18.2 Å². The lowest BCUT2D eigenvalue weighted by atomic mass is 10.2. The Morgan fingerprint density at radius 1 is 1.13 bits per heavy atom. The van der Waals surface area contributed by atoms with E-state index in [1.807, 2.05) is 18.2 Å². The average molecular weight is 444 g/mol. The number of hydrogen-bond donors (Lipinski definition) is 1. The molecule has 1 saturated carbocycles. The highest BCUT2D eigenvalue weighted by Crippen LogP contribution is 2.40. The number of amides is 1. The SMILES string of the molecule is NS(=O)(=O)c1ccc2c(c1)N(C(=O)c1nc(C3CC3)n(-c3ccccc3Cl)n1)CC2. The summed E-state index contributed by atoms with van der Waals surface area (Å²) in [4.78, 5) is 19.3. The molecule has 0 saturated heterocycles. The van der Waals surface area contributed by atoms with Crippen molar-refractivity contribution < 1.29 is 13.2 Å². The molecular formula is C20H18ClN5O3S. The molecule has 0 bridgehead atoms. The smallest absolute Gasteiger partial charge is 0.297 e. The second-order valence-corrected chi connectivity index (χ2v) is 9.44. The van der Waals surface area contributed by atoms with E-state index in [-0.39, 0.29) is 22.5 Å². The predicted octanol–water partition coefficient (Wildman–Crippen LogP) is 2.65. The number of fused-ring (bicyclic) bond motifs is 1. The lowest BCUT2D eigenvalue weighted by molar-refractivity contribution is 0.0979. The predicted molar refractivity (Wildman–Crippen MR) is 112 cm³/mol. The van der Waals surface area contributed by atoms with Crippen LogP contribution in [0.4, 0.5) is 5.69 Å². The van der Waals surface area contributed by atoms with E-state index in [0.29, 0.717) is 35.2 Å². The van der Waals surface area contributed by atoms with Crippen LogP contribution in [-0.2, 0) is 16.4 Å². The van der Waals surface area contributed by atoms with Crippen molar-refractivity contribution in [1.82, 2.24) is 14.8 Å². The van der Waals surface area contributed by atoms with E-state index in [4.69, 9.17) is 16.7 Å². The van der Waals surface area contributed by atoms with E-state index < -0.39 is 10.0 Å². The van der Waals surface area contributed by atoms with Crippen molar-refractivity contribution >= 4 is 33.2 Å². The summed E-state index contributed by atoms with van der Waals surface area (Å²) in [6, 6.07) is 11.9. The van der Waals surface area contributed by atoms with Crippen molar-refractivity contribution in [2.75, 3.05) is 11.4 Å². The summed E-state index contributed by atoms with van der Waals surface area (Å²) < 4.78 is 25.1. The van der Waals surface area contributed by atoms with E-state index in [1.54, 1.807) is 16.8 Å². The van der Waals surface area contributed by atoms with Crippen LogP contribution in [-0.4, -0.2) is 35.6 Å². The molecule has 3 aromatic rings. The summed E-state index contributed by atoms with van der Waals surface area (Å²) in [7, 11) is -3.87. The minimum absolute atomic E-state index is 0.0332. The van der Waals surface area contributed by atoms with Gasteiger partial charge in [0.15, 0.2) is 0 Å². The number of hydrogen-bond acceptors (Lipinski definition) is 5. The number of aromatic nitrogens is 3. The Hall–Kier alpha value is -2.75. The highest BCUT2D eigenvalue weighted by Gasteiger charge is 2.34. The van der Waals surface area contributed by atoms with Crippen LogP contribution >= 0.6 is 11.6 Å². The van der Waals surface area contributed by atoms with Gasteiger partial charge in [0.1, 0.15) is 5.82 Å². The van der Waals surface area contributed by atoms with Crippen LogP contribution in [0.15, 0.2) is 47.4 Å². The molecule has 0 atom stereocenters. The summed E-state index contributed by atoms with van der Waals surface area (Å²) in [6.07, 6.45) is 2.59. The Labute approximate surface area is 178 Å². The molecule has 1 aliphatic heterocycles. The Kier molecular flexibility index (Phi) is 4.42. The van der Waals surface area contributed by atoms with Crippen LogP contribution < -0.4 is 10.0 Å². The number of halogens is 1. The van der Waals surface area contributed by atoms with E-state index >= 15 is 0 Å². The molecule has 154 valence electrons. The molecule has 0 radical (unpaired) electrons. The maximum Gasteiger partial charge on any atom is 0.297 e. The second kappa shape index (κ2) is 6.90. The van der Waals surface area contributed by atoms with Gasteiger partial charge in [-0.15, -0.1) is 5.10 Å². The molecule has 0 unspecified atom stereocenters. The highest BCUT2D eigenvalue weighted by atomic mass is 35.5. The van der Waals surface area contributed by atoms with Crippen molar-refractivity contribution in [3.05, 3.63) is 64.7 Å². The first-order chi connectivity index (χ1) is 14.3. The first-order valence-electron chi connectivity index (χ1n) is 9.52. The fourth-order valence-electron chi connectivity index (χ4n) is 3.69. The average Bonchev–Trinajstić information content (AvgIpc) is 3.32. The van der Waals surface area contributed by atoms with Gasteiger partial charge < -0.3 is 4.90 Å². The Morgan fingerprint density at radius 3 is 2.60 bits per heavy atom. The van der Waals surface area contributed by atoms with Crippen LogP contribution in [0.25, 0.3) is 5.69 Å². The molecule has 2 heterocycles. The number of rotatable bonds is 4. The molecule has 1 amide bonds. The lowest BCUT2D eigenvalue weighted by Crippen LogP contribution is -2.30. The molecule has 2 N–H and O–H groups in total. The third-order valence-electron chi connectivity index (χ3n) is 5.37. The first kappa shape index (κ1) is 19.2. The van der Waals surface area contributed by atoms with Gasteiger partial charge in [-0.25, -0.2) is 23.2 Å². The van der Waals surface area contributed by atoms with Gasteiger partial charge in [0.05, 0.1) is 15.6 Å². The number of sulfonamides is 1. The van der Waals surface area contributed by atoms with Crippen LogP contribution in [0.3, 0.4) is 0 Å². The normalized spacial score (nSPS) is 16.0. The summed E-state index contributed by atoms with van der Waals surface area (Å²) in [5.41, 5.74) is 2.07. The molecule has 5 rings (SSSR count). The molecule has 1 aliphatic carbocycles. The van der Waals surface area contributed by atoms with Crippen LogP contribution in [0.5, 0.6) is 0 Å². The zero-order valence-corrected chi connectivity index (χ0v) is 17.4. The Bertz CT molecular complexity index is 1280. The largest absolute Gasteiger partial charge is 0.305 e. The fraction of sp³-hybridized carbons (Fsp3) is 0.250. The number of carbonyl (C=O) groups is 1. The topological polar surface area (TPSA) is 111 Å². The standard InChI is InChI=1S/C20H18ClN5O3S/c21-15-3-1-2-4-16(15)26-19(13-5-6-13)23-18(24-26)20(27)25-10-9-12-7-8-14(11-17(12)25)30(22,28)29/h1-4,7-8,11,13H,5-6,9-10H2,(H2,22,28,29). The molecule has 8 nitrogen and oxygen atoms in total. The Balaban J connectivity index is 1.55. The van der Waals surface area contributed by atoms with E-state index in [2.05, 4.69) is 10.1 Å². The van der Waals surface area contributed by atoms with Crippen LogP contribution in [0.2, 0.25) is 5.02 Å². The number of anilines is 1. The number of nitrogens with zero attached hydrogens (tertiary/aromatic N) is 4. The molecule has 1 fully saturated rings. The van der Waals surface area contributed by atoms with Crippen molar-refractivity contribution in [3.63, 3.8) is 0 Å². The van der Waals surface area contributed by atoms with Gasteiger partial charge in [0.2, 0.25) is 15.8 Å². The van der Waals surface area contributed by atoms with Gasteiger partial charge in [-0.05, 0) is 49.1 Å². The fourth-order valence-corrected chi connectivity index (χ4v) is 4.44. The van der Waals surface area contributed by atoms with E-state index in [9.17, 15) is 13.2 Å². The molecular weight excluding hydrogens is 426 g/mol. The van der Waals surface area contributed by atoms with Gasteiger partial charge in [-0.3, -0.25) is 4.79 Å². The van der Waals surface area contributed by atoms with E-state index in [1.165, 1.54) is 17.0 Å². The van der Waals surface area contributed by atoms with Crippen molar-refractivity contribution in [2.45, 2.75) is 30.1 Å². The third kappa shape index (κ3) is 3.28. The van der Waals surface area contributed by atoms with Crippen LogP contribution in [0, 0.1) is 0 Å². The number of nitrogens with two attached hydrogens (primary N) is 1. The molecule has 30 heavy (non-hydrogen) atoms. The molecule has 2 aromatic carbocycles. The monoisotopic (exact) mass is 443 g/mol. The van der Waals surface area contributed by atoms with Gasteiger partial charge >= 0.3 is 0 Å². The molecule has 1 aromatic heterocycles. The van der Waals surface area contributed by atoms with Gasteiger partial charge in [-0.2, -0.15) is 0 Å². The van der Waals surface area contributed by atoms with Crippen molar-refractivity contribution in [3.8, 4) is 5.69 Å². The molecule has 2 aliphatic rings. The zero-order chi connectivity index (χ0) is 21.0. The van der Waals surface area contributed by atoms with Crippen LogP contribution in [0.1, 0.15) is 40.8 Å². The lowest BCUT2D eigenvalue weighted by Gasteiger charge is -2.16. The number of benzene rings is 2. The number of para-hydroxylation sites is 1. The summed E-state index contributed by atoms with van der Waals surface area (Å²) in [5, 5.41) is 10.3. The second-order valence-electron chi connectivity index (χ2n) is 7.47. The quantitative estimate of drug-likeness (QED) is 0.666. The highest BCUT2D eigenvalue weighted by molar-refractivity contribution is 7.89. The first-order valence-corrected chi connectivity index (χ1v) is 11.4. The summed E-state index contributed by atoms with van der Waals surface area (Å²) in [5.74, 6) is 0.637. The summed E-state index contributed by atoms with van der Waals surface area (Å²) >= 11 is 6.35. The minimum atomic E-state index is -3.87. The van der Waals surface area contributed by atoms with Crippen molar-refractivity contribution in [2.24, 2.45) is 5.14 Å². The van der Waals surface area contributed by atoms with E-state index in [0.717, 1.165) is 18.4 Å². The summed E-state index contributed by atoms with van der Waals surface area (Å²) in [6.45, 7) is 0.418. The maximum absolute atomic E-state index is 13.3. The molecule has 0 spiro atoms. The number of primary sulfonamides is 1.